The summed E-state index contributed by atoms with van der Waals surface area (Å²) >= 11 is 0. The molecule has 7 nitrogen and oxygen atoms in total. The van der Waals surface area contributed by atoms with Gasteiger partial charge in [-0.3, -0.25) is 9.59 Å². The summed E-state index contributed by atoms with van der Waals surface area (Å²) in [5.74, 6) is -1.86. The number of carbonyl (C=O) groups is 2. The second-order valence-corrected chi connectivity index (χ2v) is 7.24. The SMILES string of the molecule is CCOC(=O)CCS(=O)(=O)NC[C@H](CC(=O)O)CC(C)C. The Bertz CT molecular complexity index is 432. The van der Waals surface area contributed by atoms with E-state index in [1.54, 1.807) is 6.92 Å². The third-order valence-electron chi connectivity index (χ3n) is 2.74. The summed E-state index contributed by atoms with van der Waals surface area (Å²) in [6.07, 6.45) is 0.322. The van der Waals surface area contributed by atoms with Crippen molar-refractivity contribution in [1.29, 1.82) is 0 Å². The van der Waals surface area contributed by atoms with Crippen molar-refractivity contribution >= 4 is 22.0 Å². The van der Waals surface area contributed by atoms with Crippen LogP contribution in [0.3, 0.4) is 0 Å². The molecule has 0 aromatic rings. The molecule has 21 heavy (non-hydrogen) atoms. The molecule has 0 aliphatic rings. The van der Waals surface area contributed by atoms with Crippen molar-refractivity contribution in [1.82, 2.24) is 4.72 Å². The largest absolute Gasteiger partial charge is 0.481 e. The molecule has 2 N–H and O–H groups in total. The molecule has 0 bridgehead atoms. The third kappa shape index (κ3) is 11.2. The molecule has 0 aliphatic carbocycles. The van der Waals surface area contributed by atoms with E-state index in [2.05, 4.69) is 9.46 Å². The van der Waals surface area contributed by atoms with Gasteiger partial charge in [0, 0.05) is 13.0 Å². The molecule has 0 aliphatic heterocycles. The number of aliphatic carboxylic acids is 1. The molecule has 0 unspecified atom stereocenters. The lowest BCUT2D eigenvalue weighted by Gasteiger charge is -2.17. The number of hydrogen-bond donors (Lipinski definition) is 2. The number of carbonyl (C=O) groups excluding carboxylic acids is 1. The van der Waals surface area contributed by atoms with Crippen LogP contribution in [0.15, 0.2) is 0 Å². The Kier molecular flexibility index (Phi) is 9.19. The molecule has 0 saturated heterocycles. The van der Waals surface area contributed by atoms with E-state index < -0.39 is 22.0 Å². The average molecular weight is 323 g/mol. The van der Waals surface area contributed by atoms with Gasteiger partial charge in [0.05, 0.1) is 18.8 Å². The monoisotopic (exact) mass is 323 g/mol. The summed E-state index contributed by atoms with van der Waals surface area (Å²) in [6, 6.07) is 0. The average Bonchev–Trinajstić information content (AvgIpc) is 2.33. The molecular weight excluding hydrogens is 298 g/mol. The van der Waals surface area contributed by atoms with Crippen molar-refractivity contribution in [2.75, 3.05) is 18.9 Å². The summed E-state index contributed by atoms with van der Waals surface area (Å²) < 4.78 is 30.5. The van der Waals surface area contributed by atoms with E-state index in [1.807, 2.05) is 13.8 Å². The summed E-state index contributed by atoms with van der Waals surface area (Å²) in [7, 11) is -3.61. The number of ether oxygens (including phenoxy) is 1. The molecule has 8 heteroatoms. The molecular formula is C13H25NO6S. The minimum Gasteiger partial charge on any atom is -0.481 e. The quantitative estimate of drug-likeness (QED) is 0.549. The van der Waals surface area contributed by atoms with Gasteiger partial charge in [-0.2, -0.15) is 0 Å². The lowest BCUT2D eigenvalue weighted by Crippen LogP contribution is -2.33. The zero-order chi connectivity index (χ0) is 16.5. The Morgan fingerprint density at radius 2 is 1.90 bits per heavy atom. The normalized spacial score (nSPS) is 13.1. The molecule has 124 valence electrons. The molecule has 0 spiro atoms. The van der Waals surface area contributed by atoms with Gasteiger partial charge in [-0.25, -0.2) is 13.1 Å². The highest BCUT2D eigenvalue weighted by Crippen LogP contribution is 2.15. The maximum Gasteiger partial charge on any atom is 0.306 e. The predicted octanol–water partition coefficient (Wildman–Crippen LogP) is 0.996. The van der Waals surface area contributed by atoms with Crippen LogP contribution in [-0.2, 0) is 24.3 Å². The summed E-state index contributed by atoms with van der Waals surface area (Å²) in [5.41, 5.74) is 0. The van der Waals surface area contributed by atoms with Crippen LogP contribution >= 0.6 is 0 Å². The second-order valence-electron chi connectivity index (χ2n) is 5.32. The lowest BCUT2D eigenvalue weighted by atomic mass is 9.94. The highest BCUT2D eigenvalue weighted by atomic mass is 32.2. The van der Waals surface area contributed by atoms with Crippen LogP contribution in [0, 0.1) is 11.8 Å². The number of nitrogens with one attached hydrogen (secondary N) is 1. The Morgan fingerprint density at radius 1 is 1.29 bits per heavy atom. The first kappa shape index (κ1) is 19.9. The molecule has 1 atom stereocenters. The van der Waals surface area contributed by atoms with Crippen LogP contribution < -0.4 is 4.72 Å². The first-order valence-corrected chi connectivity index (χ1v) is 8.66. The number of carboxylic acid groups (broad SMARTS) is 1. The lowest BCUT2D eigenvalue weighted by molar-refractivity contribution is -0.142. The van der Waals surface area contributed by atoms with Crippen molar-refractivity contribution in [3.63, 3.8) is 0 Å². The Labute approximate surface area is 126 Å². The van der Waals surface area contributed by atoms with E-state index in [0.717, 1.165) is 0 Å². The zero-order valence-electron chi connectivity index (χ0n) is 12.8. The predicted molar refractivity (Wildman–Crippen MR) is 78.2 cm³/mol. The Hall–Kier alpha value is -1.15. The van der Waals surface area contributed by atoms with Gasteiger partial charge in [0.1, 0.15) is 0 Å². The topological polar surface area (TPSA) is 110 Å². The van der Waals surface area contributed by atoms with Crippen LogP contribution in [0.4, 0.5) is 0 Å². The van der Waals surface area contributed by atoms with E-state index >= 15 is 0 Å². The minimum atomic E-state index is -3.61. The van der Waals surface area contributed by atoms with Gasteiger partial charge in [0.15, 0.2) is 0 Å². The molecule has 0 rings (SSSR count). The van der Waals surface area contributed by atoms with Gasteiger partial charge in [-0.05, 0) is 25.2 Å². The molecule has 0 aromatic heterocycles. The first-order valence-electron chi connectivity index (χ1n) is 7.01. The second kappa shape index (κ2) is 9.73. The third-order valence-corrected chi connectivity index (χ3v) is 4.09. The molecule has 0 heterocycles. The number of esters is 1. The van der Waals surface area contributed by atoms with Crippen LogP contribution in [0.2, 0.25) is 0 Å². The maximum absolute atomic E-state index is 11.7. The summed E-state index contributed by atoms with van der Waals surface area (Å²) in [5, 5.41) is 8.82. The molecule has 0 radical (unpaired) electrons. The Balaban J connectivity index is 4.34. The Morgan fingerprint density at radius 3 is 2.38 bits per heavy atom. The van der Waals surface area contributed by atoms with Crippen LogP contribution in [-0.4, -0.2) is 44.4 Å². The number of sulfonamides is 1. The van der Waals surface area contributed by atoms with Crippen LogP contribution in [0.5, 0.6) is 0 Å². The van der Waals surface area contributed by atoms with E-state index in [9.17, 15) is 18.0 Å². The fraction of sp³-hybridized carbons (Fsp3) is 0.846. The van der Waals surface area contributed by atoms with Crippen LogP contribution in [0.25, 0.3) is 0 Å². The summed E-state index contributed by atoms with van der Waals surface area (Å²) in [6.45, 7) is 5.82. The van der Waals surface area contributed by atoms with E-state index in [4.69, 9.17) is 5.11 Å². The van der Waals surface area contributed by atoms with Gasteiger partial charge in [-0.15, -0.1) is 0 Å². The van der Waals surface area contributed by atoms with Gasteiger partial charge >= 0.3 is 11.9 Å². The van der Waals surface area contributed by atoms with E-state index in [-0.39, 0.29) is 43.6 Å². The molecule has 0 aromatic carbocycles. The van der Waals surface area contributed by atoms with Gasteiger partial charge in [0.25, 0.3) is 0 Å². The first-order chi connectivity index (χ1) is 9.66. The highest BCUT2D eigenvalue weighted by molar-refractivity contribution is 7.89. The minimum absolute atomic E-state index is 0.0651. The van der Waals surface area contributed by atoms with Crippen LogP contribution in [0.1, 0.15) is 40.0 Å². The fourth-order valence-corrected chi connectivity index (χ4v) is 2.99. The van der Waals surface area contributed by atoms with E-state index in [0.29, 0.717) is 6.42 Å². The van der Waals surface area contributed by atoms with Crippen molar-refractivity contribution < 1.29 is 27.9 Å². The van der Waals surface area contributed by atoms with Gasteiger partial charge < -0.3 is 9.84 Å². The molecule has 0 fully saturated rings. The zero-order valence-corrected chi connectivity index (χ0v) is 13.6. The van der Waals surface area contributed by atoms with Crippen molar-refractivity contribution in [3.05, 3.63) is 0 Å². The van der Waals surface area contributed by atoms with Gasteiger partial charge in [0.2, 0.25) is 10.0 Å². The molecule has 0 saturated carbocycles. The summed E-state index contributed by atoms with van der Waals surface area (Å²) in [4.78, 5) is 21.9. The standard InChI is InChI=1S/C13H25NO6S/c1-4-20-13(17)5-6-21(18,19)14-9-11(7-10(2)3)8-12(15)16/h10-11,14H,4-9H2,1-3H3,(H,15,16)/t11-/m0/s1. The highest BCUT2D eigenvalue weighted by Gasteiger charge is 2.19. The number of carboxylic acids is 1. The smallest absolute Gasteiger partial charge is 0.306 e. The van der Waals surface area contributed by atoms with Crippen molar-refractivity contribution in [2.45, 2.75) is 40.0 Å². The maximum atomic E-state index is 11.7. The van der Waals surface area contributed by atoms with E-state index in [1.165, 1.54) is 0 Å². The van der Waals surface area contributed by atoms with Crippen molar-refractivity contribution in [2.24, 2.45) is 11.8 Å². The number of hydrogen-bond acceptors (Lipinski definition) is 5. The number of rotatable bonds is 11. The molecule has 0 amide bonds. The van der Waals surface area contributed by atoms with Crippen molar-refractivity contribution in [3.8, 4) is 0 Å². The fourth-order valence-electron chi connectivity index (χ4n) is 1.92. The van der Waals surface area contributed by atoms with Gasteiger partial charge in [-0.1, -0.05) is 13.8 Å².